The zero-order valence-electron chi connectivity index (χ0n) is 4.57. The van der Waals surface area contributed by atoms with Crippen molar-refractivity contribution in [2.24, 2.45) is 0 Å². The fourth-order valence-corrected chi connectivity index (χ4v) is 0.255. The maximum absolute atomic E-state index is 9.89. The zero-order chi connectivity index (χ0) is 7.98. The van der Waals surface area contributed by atoms with Gasteiger partial charge in [-0.2, -0.15) is 0 Å². The Bertz CT molecular complexity index is 242. The highest BCUT2D eigenvalue weighted by Crippen LogP contribution is 1.74. The van der Waals surface area contributed by atoms with Gasteiger partial charge in [-0.1, -0.05) is 0 Å². The molecule has 0 atom stereocenters. The number of carbonyl (C=O) groups is 2. The SMILES string of the molecule is O=C(Cl)C#CC#CC(=O)Cl. The van der Waals surface area contributed by atoms with Gasteiger partial charge in [0.1, 0.15) is 0 Å². The predicted octanol–water partition coefficient (Wildman–Crippen LogP) is 0.524. The Morgan fingerprint density at radius 3 is 1.40 bits per heavy atom. The van der Waals surface area contributed by atoms with Gasteiger partial charge in [-0.3, -0.25) is 9.59 Å². The minimum absolute atomic E-state index is 0.823. The molecule has 0 radical (unpaired) electrons. The van der Waals surface area contributed by atoms with Gasteiger partial charge >= 0.3 is 0 Å². The van der Waals surface area contributed by atoms with Crippen molar-refractivity contribution >= 4 is 33.7 Å². The highest BCUT2D eigenvalue weighted by atomic mass is 35.5. The van der Waals surface area contributed by atoms with Crippen molar-refractivity contribution < 1.29 is 9.59 Å². The number of halogens is 2. The largest absolute Gasteiger partial charge is 0.297 e. The monoisotopic (exact) mass is 174 g/mol. The van der Waals surface area contributed by atoms with Gasteiger partial charge in [-0.05, 0) is 35.0 Å². The highest BCUT2D eigenvalue weighted by molar-refractivity contribution is 6.68. The summed E-state index contributed by atoms with van der Waals surface area (Å²) in [5.74, 6) is 7.82. The Morgan fingerprint density at radius 1 is 0.900 bits per heavy atom. The molecule has 0 bridgehead atoms. The third-order valence-corrected chi connectivity index (χ3v) is 0.573. The number of hydrogen-bond donors (Lipinski definition) is 0. The molecule has 0 fully saturated rings. The quantitative estimate of drug-likeness (QED) is 0.397. The summed E-state index contributed by atoms with van der Waals surface area (Å²) in [6, 6.07) is 0. The van der Waals surface area contributed by atoms with E-state index < -0.39 is 10.5 Å². The first-order valence-corrected chi connectivity index (χ1v) is 2.79. The van der Waals surface area contributed by atoms with Crippen LogP contribution in [0.2, 0.25) is 0 Å². The third kappa shape index (κ3) is 7.04. The molecule has 10 heavy (non-hydrogen) atoms. The minimum Gasteiger partial charge on any atom is -0.266 e. The van der Waals surface area contributed by atoms with Crippen LogP contribution < -0.4 is 0 Å². The van der Waals surface area contributed by atoms with E-state index in [1.165, 1.54) is 0 Å². The van der Waals surface area contributed by atoms with Crippen molar-refractivity contribution in [3.63, 3.8) is 0 Å². The van der Waals surface area contributed by atoms with E-state index in [1.807, 2.05) is 23.7 Å². The minimum atomic E-state index is -0.823. The average molecular weight is 175 g/mol. The van der Waals surface area contributed by atoms with Crippen LogP contribution in [0.15, 0.2) is 0 Å². The molecule has 0 unspecified atom stereocenters. The van der Waals surface area contributed by atoms with E-state index in [4.69, 9.17) is 23.2 Å². The Kier molecular flexibility index (Phi) is 4.41. The lowest BCUT2D eigenvalue weighted by Crippen LogP contribution is -1.76. The summed E-state index contributed by atoms with van der Waals surface area (Å²) in [6.07, 6.45) is 0. The standard InChI is InChI=1S/C6Cl2O2/c7-5(9)3-1-2-4-6(8)10. The fourth-order valence-electron chi connectivity index (χ4n) is 0.161. The van der Waals surface area contributed by atoms with E-state index in [0.29, 0.717) is 0 Å². The van der Waals surface area contributed by atoms with Crippen LogP contribution in [0.3, 0.4) is 0 Å². The second-order valence-corrected chi connectivity index (χ2v) is 1.73. The van der Waals surface area contributed by atoms with Gasteiger partial charge in [0, 0.05) is 11.8 Å². The zero-order valence-corrected chi connectivity index (χ0v) is 6.08. The molecule has 0 aromatic heterocycles. The highest BCUT2D eigenvalue weighted by Gasteiger charge is 1.81. The van der Waals surface area contributed by atoms with Gasteiger partial charge in [-0.15, -0.1) is 0 Å². The van der Waals surface area contributed by atoms with Crippen LogP contribution in [0.1, 0.15) is 0 Å². The van der Waals surface area contributed by atoms with E-state index >= 15 is 0 Å². The topological polar surface area (TPSA) is 34.1 Å². The maximum atomic E-state index is 9.89. The second-order valence-electron chi connectivity index (χ2n) is 1.05. The normalized spacial score (nSPS) is 6.20. The molecule has 0 saturated carbocycles. The summed E-state index contributed by atoms with van der Waals surface area (Å²) in [4.78, 5) is 19.8. The van der Waals surface area contributed by atoms with Crippen LogP contribution in [-0.2, 0) is 9.59 Å². The molecule has 0 aromatic carbocycles. The molecule has 0 spiro atoms. The van der Waals surface area contributed by atoms with E-state index in [2.05, 4.69) is 0 Å². The molecule has 0 aliphatic heterocycles. The summed E-state index contributed by atoms with van der Waals surface area (Å²) in [6.45, 7) is 0. The van der Waals surface area contributed by atoms with Gasteiger partial charge in [0.05, 0.1) is 0 Å². The van der Waals surface area contributed by atoms with Gasteiger partial charge < -0.3 is 0 Å². The fraction of sp³-hybridized carbons (Fsp3) is 0. The van der Waals surface area contributed by atoms with E-state index in [0.717, 1.165) is 0 Å². The van der Waals surface area contributed by atoms with Crippen LogP contribution in [0.5, 0.6) is 0 Å². The molecule has 50 valence electrons. The van der Waals surface area contributed by atoms with Crippen LogP contribution in [-0.4, -0.2) is 10.5 Å². The van der Waals surface area contributed by atoms with Crippen molar-refractivity contribution in [3.8, 4) is 23.7 Å². The summed E-state index contributed by atoms with van der Waals surface area (Å²) < 4.78 is 0. The Hall–Kier alpha value is -0.960. The van der Waals surface area contributed by atoms with Gasteiger partial charge in [0.2, 0.25) is 0 Å². The molecule has 0 N–H and O–H groups in total. The molecular formula is C6Cl2O2. The third-order valence-electron chi connectivity index (χ3n) is 0.384. The average Bonchev–Trinajstić information content (AvgIpc) is 1.79. The van der Waals surface area contributed by atoms with Crippen LogP contribution >= 0.6 is 23.2 Å². The Labute approximate surface area is 67.5 Å². The van der Waals surface area contributed by atoms with Crippen molar-refractivity contribution in [1.29, 1.82) is 0 Å². The molecule has 2 nitrogen and oxygen atoms in total. The Morgan fingerprint density at radius 2 is 1.20 bits per heavy atom. The summed E-state index contributed by atoms with van der Waals surface area (Å²) in [5, 5.41) is -1.65. The molecule has 0 heterocycles. The number of rotatable bonds is 0. The maximum Gasteiger partial charge on any atom is 0.297 e. The lowest BCUT2D eigenvalue weighted by atomic mass is 10.5. The summed E-state index contributed by atoms with van der Waals surface area (Å²) in [7, 11) is 0. The number of hydrogen-bond acceptors (Lipinski definition) is 2. The molecule has 0 aromatic rings. The van der Waals surface area contributed by atoms with Crippen LogP contribution in [0.4, 0.5) is 0 Å². The molecule has 0 amide bonds. The molecule has 0 aliphatic rings. The van der Waals surface area contributed by atoms with Gasteiger partial charge in [0.25, 0.3) is 10.5 Å². The first kappa shape index (κ1) is 9.04. The van der Waals surface area contributed by atoms with Crippen LogP contribution in [0.25, 0.3) is 0 Å². The smallest absolute Gasteiger partial charge is 0.266 e. The van der Waals surface area contributed by atoms with Crippen molar-refractivity contribution in [2.45, 2.75) is 0 Å². The molecular weight excluding hydrogens is 175 g/mol. The van der Waals surface area contributed by atoms with Crippen molar-refractivity contribution in [2.75, 3.05) is 0 Å². The Balaban J connectivity index is 4.03. The second kappa shape index (κ2) is 4.88. The van der Waals surface area contributed by atoms with Gasteiger partial charge in [-0.25, -0.2) is 0 Å². The van der Waals surface area contributed by atoms with Crippen LogP contribution in [0, 0.1) is 23.7 Å². The predicted molar refractivity (Wildman–Crippen MR) is 37.3 cm³/mol. The summed E-state index contributed by atoms with van der Waals surface area (Å²) in [5.41, 5.74) is 0. The first-order valence-electron chi connectivity index (χ1n) is 2.04. The molecule has 4 heteroatoms. The van der Waals surface area contributed by atoms with E-state index in [9.17, 15) is 9.59 Å². The first-order chi connectivity index (χ1) is 4.63. The molecule has 0 saturated heterocycles. The lowest BCUT2D eigenvalue weighted by molar-refractivity contribution is -0.107. The van der Waals surface area contributed by atoms with Gasteiger partial charge in [0.15, 0.2) is 0 Å². The molecule has 0 aliphatic carbocycles. The van der Waals surface area contributed by atoms with Crippen molar-refractivity contribution in [3.05, 3.63) is 0 Å². The van der Waals surface area contributed by atoms with E-state index in [1.54, 1.807) is 0 Å². The number of carbonyl (C=O) groups excluding carboxylic acids is 2. The summed E-state index contributed by atoms with van der Waals surface area (Å²) >= 11 is 9.59. The van der Waals surface area contributed by atoms with E-state index in [-0.39, 0.29) is 0 Å². The van der Waals surface area contributed by atoms with Crippen molar-refractivity contribution in [1.82, 2.24) is 0 Å². The lowest BCUT2D eigenvalue weighted by Gasteiger charge is -1.62. The molecule has 0 rings (SSSR count).